The fourth-order valence-corrected chi connectivity index (χ4v) is 2.43. The fourth-order valence-electron chi connectivity index (χ4n) is 2.43. The summed E-state index contributed by atoms with van der Waals surface area (Å²) < 4.78 is 44.2. The number of hydrogen-bond donors (Lipinski definition) is 0. The summed E-state index contributed by atoms with van der Waals surface area (Å²) in [4.78, 5) is 23.3. The van der Waals surface area contributed by atoms with Gasteiger partial charge in [-0.3, -0.25) is 4.57 Å². The summed E-state index contributed by atoms with van der Waals surface area (Å²) in [6.45, 7) is 0. The zero-order valence-electron chi connectivity index (χ0n) is 12.6. The van der Waals surface area contributed by atoms with E-state index in [0.29, 0.717) is 11.1 Å². The quantitative estimate of drug-likeness (QED) is 0.661. The van der Waals surface area contributed by atoms with Gasteiger partial charge in [0.15, 0.2) is 6.19 Å². The Bertz CT molecular complexity index is 1080. The van der Waals surface area contributed by atoms with Gasteiger partial charge in [0.2, 0.25) is 5.88 Å². The summed E-state index contributed by atoms with van der Waals surface area (Å²) in [7, 11) is 1.72. The third kappa shape index (κ3) is 2.65. The van der Waals surface area contributed by atoms with E-state index in [1.54, 1.807) is 42.1 Å². The number of rotatable bonds is 2. The minimum atomic E-state index is -5.25. The first kappa shape index (κ1) is 16.4. The molecule has 3 rings (SSSR count). The second kappa shape index (κ2) is 5.55. The van der Waals surface area contributed by atoms with E-state index in [1.807, 2.05) is 0 Å². The van der Waals surface area contributed by atoms with Gasteiger partial charge in [-0.2, -0.15) is 23.0 Å². The first-order chi connectivity index (χ1) is 11.7. The molecule has 25 heavy (non-hydrogen) atoms. The molecule has 10 heteroatoms. The predicted molar refractivity (Wildman–Crippen MR) is 79.2 cm³/mol. The van der Waals surface area contributed by atoms with Gasteiger partial charge in [0.25, 0.3) is 0 Å². The topological polar surface area (TPSA) is 81.9 Å². The predicted octanol–water partition coefficient (Wildman–Crippen LogP) is 1.93. The van der Waals surface area contributed by atoms with Gasteiger partial charge >= 0.3 is 17.8 Å². The number of fused-ring (bicyclic) bond motifs is 1. The Hall–Kier alpha value is -3.48. The molecule has 0 unspecified atom stereocenters. The minimum absolute atomic E-state index is 0.269. The summed E-state index contributed by atoms with van der Waals surface area (Å²) in [6, 6.07) is 7.01. The molecule has 2 heterocycles. The largest absolute Gasteiger partial charge is 0.491 e. The van der Waals surface area contributed by atoms with E-state index in [9.17, 15) is 22.8 Å². The Morgan fingerprint density at radius 3 is 2.56 bits per heavy atom. The van der Waals surface area contributed by atoms with E-state index in [4.69, 9.17) is 5.26 Å². The average Bonchev–Trinajstić information content (AvgIpc) is 3.04. The molecule has 0 fully saturated rings. The van der Waals surface area contributed by atoms with Crippen molar-refractivity contribution >= 4 is 16.9 Å². The van der Waals surface area contributed by atoms with Crippen molar-refractivity contribution in [2.45, 2.75) is 6.18 Å². The standard InChI is InChI=1S/C15H9F3N4O3/c1-20-6-11(9-4-2-3-5-10(9)20)21-7-12(22(8-19)14(21)24)25-13(23)15(16,17)18/h2-7H,1H3. The molecule has 0 saturated heterocycles. The number of para-hydroxylation sites is 1. The summed E-state index contributed by atoms with van der Waals surface area (Å²) in [5.74, 6) is -3.34. The van der Waals surface area contributed by atoms with Crippen LogP contribution in [0.25, 0.3) is 16.6 Å². The molecule has 0 spiro atoms. The van der Waals surface area contributed by atoms with Crippen LogP contribution in [0.1, 0.15) is 0 Å². The lowest BCUT2D eigenvalue weighted by molar-refractivity contribution is -0.190. The Morgan fingerprint density at radius 2 is 1.92 bits per heavy atom. The van der Waals surface area contributed by atoms with Crippen molar-refractivity contribution in [2.75, 3.05) is 0 Å². The average molecular weight is 350 g/mol. The number of hydrogen-bond acceptors (Lipinski definition) is 4. The maximum absolute atomic E-state index is 12.4. The molecule has 0 bridgehead atoms. The van der Waals surface area contributed by atoms with Crippen molar-refractivity contribution < 1.29 is 22.7 Å². The second-order valence-electron chi connectivity index (χ2n) is 5.08. The van der Waals surface area contributed by atoms with Crippen LogP contribution in [0.5, 0.6) is 5.88 Å². The van der Waals surface area contributed by atoms with E-state index >= 15 is 0 Å². The molecule has 0 radical (unpaired) electrons. The lowest BCUT2D eigenvalue weighted by Gasteiger charge is -2.04. The van der Waals surface area contributed by atoms with Crippen molar-refractivity contribution in [3.63, 3.8) is 0 Å². The van der Waals surface area contributed by atoms with Gasteiger partial charge in [0.1, 0.15) is 0 Å². The first-order valence-corrected chi connectivity index (χ1v) is 6.82. The number of carbonyl (C=O) groups is 1. The molecule has 2 aromatic heterocycles. The molecule has 3 aromatic rings. The maximum atomic E-state index is 12.4. The molecule has 0 aliphatic rings. The van der Waals surface area contributed by atoms with E-state index in [1.165, 1.54) is 6.19 Å². The molecular formula is C15H9F3N4O3. The number of aryl methyl sites for hydroxylation is 1. The van der Waals surface area contributed by atoms with Crippen molar-refractivity contribution in [3.05, 3.63) is 47.1 Å². The van der Waals surface area contributed by atoms with E-state index in [-0.39, 0.29) is 4.57 Å². The van der Waals surface area contributed by atoms with Gasteiger partial charge in [0.05, 0.1) is 11.9 Å². The molecule has 0 amide bonds. The highest BCUT2D eigenvalue weighted by Crippen LogP contribution is 2.25. The molecule has 0 aliphatic heterocycles. The molecule has 0 saturated carbocycles. The highest BCUT2D eigenvalue weighted by atomic mass is 19.4. The first-order valence-electron chi connectivity index (χ1n) is 6.82. The van der Waals surface area contributed by atoms with Gasteiger partial charge < -0.3 is 9.30 Å². The van der Waals surface area contributed by atoms with Crippen molar-refractivity contribution in [1.29, 1.82) is 5.26 Å². The van der Waals surface area contributed by atoms with Crippen LogP contribution in [0.4, 0.5) is 13.2 Å². The zero-order valence-corrected chi connectivity index (χ0v) is 12.6. The van der Waals surface area contributed by atoms with Crippen LogP contribution in [0.3, 0.4) is 0 Å². The Balaban J connectivity index is 2.17. The molecule has 1 aromatic carbocycles. The zero-order chi connectivity index (χ0) is 18.4. The monoisotopic (exact) mass is 350 g/mol. The highest BCUT2D eigenvalue weighted by molar-refractivity contribution is 5.89. The number of nitrogens with zero attached hydrogens (tertiary/aromatic N) is 4. The molecule has 0 atom stereocenters. The summed E-state index contributed by atoms with van der Waals surface area (Å²) in [5, 5.41) is 9.65. The number of nitriles is 1. The number of aromatic nitrogens is 3. The molecule has 0 N–H and O–H groups in total. The van der Waals surface area contributed by atoms with Crippen LogP contribution < -0.4 is 10.4 Å². The van der Waals surface area contributed by atoms with E-state index in [0.717, 1.165) is 16.3 Å². The van der Waals surface area contributed by atoms with Gasteiger partial charge in [0, 0.05) is 24.1 Å². The highest BCUT2D eigenvalue weighted by Gasteiger charge is 2.42. The third-order valence-electron chi connectivity index (χ3n) is 3.52. The number of benzene rings is 1. The van der Waals surface area contributed by atoms with Crippen molar-refractivity contribution in [1.82, 2.24) is 13.7 Å². The summed E-state index contributed by atoms with van der Waals surface area (Å²) >= 11 is 0. The van der Waals surface area contributed by atoms with Gasteiger partial charge in [-0.25, -0.2) is 9.59 Å². The Morgan fingerprint density at radius 1 is 1.24 bits per heavy atom. The normalized spacial score (nSPS) is 11.5. The Kier molecular flexibility index (Phi) is 3.64. The number of alkyl halides is 3. The molecule has 128 valence electrons. The van der Waals surface area contributed by atoms with Crippen LogP contribution in [0.2, 0.25) is 0 Å². The van der Waals surface area contributed by atoms with Crippen LogP contribution in [-0.4, -0.2) is 25.8 Å². The number of halogens is 3. The van der Waals surface area contributed by atoms with Gasteiger partial charge in [-0.15, -0.1) is 0 Å². The lowest BCUT2D eigenvalue weighted by Crippen LogP contribution is -2.29. The number of carbonyl (C=O) groups excluding carboxylic acids is 1. The fraction of sp³-hybridized carbons (Fsp3) is 0.133. The van der Waals surface area contributed by atoms with Crippen molar-refractivity contribution in [3.8, 4) is 17.8 Å². The number of ether oxygens (including phenoxy) is 1. The third-order valence-corrected chi connectivity index (χ3v) is 3.52. The summed E-state index contributed by atoms with van der Waals surface area (Å²) in [5.41, 5.74) is 0.146. The van der Waals surface area contributed by atoms with Crippen molar-refractivity contribution in [2.24, 2.45) is 7.05 Å². The summed E-state index contributed by atoms with van der Waals surface area (Å²) in [6.07, 6.45) is -1.41. The number of esters is 1. The SMILES string of the molecule is Cn1cc(-n2cc(OC(=O)C(F)(F)F)n(C#N)c2=O)c2ccccc21. The van der Waals surface area contributed by atoms with E-state index in [2.05, 4.69) is 4.74 Å². The number of imidazole rings is 1. The van der Waals surface area contributed by atoms with E-state index < -0.39 is 23.7 Å². The van der Waals surface area contributed by atoms with Crippen LogP contribution in [0.15, 0.2) is 41.5 Å². The van der Waals surface area contributed by atoms with Crippen LogP contribution in [-0.2, 0) is 11.8 Å². The molecule has 7 nitrogen and oxygen atoms in total. The van der Waals surface area contributed by atoms with Gasteiger partial charge in [-0.05, 0) is 6.07 Å². The van der Waals surface area contributed by atoms with Gasteiger partial charge in [-0.1, -0.05) is 18.2 Å². The molecular weight excluding hydrogens is 341 g/mol. The van der Waals surface area contributed by atoms with Crippen LogP contribution >= 0.6 is 0 Å². The minimum Gasteiger partial charge on any atom is -0.400 e. The maximum Gasteiger partial charge on any atom is 0.491 e. The second-order valence-corrected chi connectivity index (χ2v) is 5.08. The molecule has 0 aliphatic carbocycles. The Labute approximate surface area is 137 Å². The lowest BCUT2D eigenvalue weighted by atomic mass is 10.2. The smallest absolute Gasteiger partial charge is 0.400 e. The van der Waals surface area contributed by atoms with Crippen LogP contribution in [0, 0.1) is 11.5 Å².